The standard InChI is InChI=1S/C13H22N2O4/c1-8(9-4-2-3-5-9)14-13(19)15-7-10(16)6-11(15)12(17)18/h8-11,16H,2-7H2,1H3,(H,14,19)(H,17,18). The molecule has 1 aliphatic heterocycles. The highest BCUT2D eigenvalue weighted by Crippen LogP contribution is 2.28. The number of hydrogen-bond acceptors (Lipinski definition) is 3. The average molecular weight is 270 g/mol. The highest BCUT2D eigenvalue weighted by Gasteiger charge is 2.39. The minimum absolute atomic E-state index is 0.0576. The number of urea groups is 1. The molecule has 1 saturated carbocycles. The first-order valence-electron chi connectivity index (χ1n) is 6.97. The third-order valence-electron chi connectivity index (χ3n) is 4.28. The predicted molar refractivity (Wildman–Crippen MR) is 68.7 cm³/mol. The first-order chi connectivity index (χ1) is 8.99. The van der Waals surface area contributed by atoms with E-state index >= 15 is 0 Å². The molecule has 6 heteroatoms. The molecule has 3 unspecified atom stereocenters. The van der Waals surface area contributed by atoms with E-state index < -0.39 is 18.1 Å². The van der Waals surface area contributed by atoms with E-state index in [-0.39, 0.29) is 25.0 Å². The van der Waals surface area contributed by atoms with Crippen molar-refractivity contribution in [3.8, 4) is 0 Å². The van der Waals surface area contributed by atoms with Crippen LogP contribution in [-0.2, 0) is 4.79 Å². The van der Waals surface area contributed by atoms with Gasteiger partial charge in [-0.05, 0) is 25.7 Å². The van der Waals surface area contributed by atoms with E-state index in [2.05, 4.69) is 5.32 Å². The van der Waals surface area contributed by atoms with E-state index in [9.17, 15) is 14.7 Å². The van der Waals surface area contributed by atoms with Crippen LogP contribution in [0.5, 0.6) is 0 Å². The van der Waals surface area contributed by atoms with Gasteiger partial charge in [-0.25, -0.2) is 9.59 Å². The van der Waals surface area contributed by atoms with Crippen molar-refractivity contribution >= 4 is 12.0 Å². The molecular formula is C13H22N2O4. The van der Waals surface area contributed by atoms with E-state index in [1.54, 1.807) is 0 Å². The number of carboxylic acid groups (broad SMARTS) is 1. The molecule has 108 valence electrons. The second-order valence-electron chi connectivity index (χ2n) is 5.68. The Bertz CT molecular complexity index is 355. The number of hydrogen-bond donors (Lipinski definition) is 3. The number of amides is 2. The van der Waals surface area contributed by atoms with E-state index in [0.717, 1.165) is 12.8 Å². The maximum absolute atomic E-state index is 12.1. The molecule has 2 aliphatic rings. The van der Waals surface area contributed by atoms with Gasteiger partial charge in [0, 0.05) is 19.0 Å². The number of carbonyl (C=O) groups excluding carboxylic acids is 1. The summed E-state index contributed by atoms with van der Waals surface area (Å²) in [5, 5.41) is 21.5. The SMILES string of the molecule is CC(NC(=O)N1CC(O)CC1C(=O)O)C1CCCC1. The number of aliphatic carboxylic acids is 1. The van der Waals surface area contributed by atoms with Crippen molar-refractivity contribution in [3.05, 3.63) is 0 Å². The number of carboxylic acids is 1. The second-order valence-corrected chi connectivity index (χ2v) is 5.68. The van der Waals surface area contributed by atoms with Crippen LogP contribution in [0, 0.1) is 5.92 Å². The van der Waals surface area contributed by atoms with Gasteiger partial charge in [-0.3, -0.25) is 0 Å². The first-order valence-corrected chi connectivity index (χ1v) is 6.97. The van der Waals surface area contributed by atoms with Gasteiger partial charge in [0.05, 0.1) is 6.10 Å². The van der Waals surface area contributed by atoms with Gasteiger partial charge in [0.25, 0.3) is 0 Å². The lowest BCUT2D eigenvalue weighted by molar-refractivity contribution is -0.141. The molecule has 0 spiro atoms. The van der Waals surface area contributed by atoms with Crippen molar-refractivity contribution < 1.29 is 19.8 Å². The Hall–Kier alpha value is -1.30. The third-order valence-corrected chi connectivity index (χ3v) is 4.28. The summed E-state index contributed by atoms with van der Waals surface area (Å²) in [6.07, 6.45) is 4.00. The zero-order valence-electron chi connectivity index (χ0n) is 11.2. The summed E-state index contributed by atoms with van der Waals surface area (Å²) < 4.78 is 0. The molecule has 2 fully saturated rings. The zero-order valence-corrected chi connectivity index (χ0v) is 11.2. The van der Waals surface area contributed by atoms with Crippen LogP contribution < -0.4 is 5.32 Å². The molecule has 3 atom stereocenters. The third kappa shape index (κ3) is 3.18. The molecule has 0 radical (unpaired) electrons. The predicted octanol–water partition coefficient (Wildman–Crippen LogP) is 0.794. The molecule has 2 rings (SSSR count). The molecule has 1 heterocycles. The van der Waals surface area contributed by atoms with Crippen LogP contribution in [0.1, 0.15) is 39.0 Å². The fourth-order valence-electron chi connectivity index (χ4n) is 3.13. The Morgan fingerprint density at radius 2 is 1.95 bits per heavy atom. The van der Waals surface area contributed by atoms with Gasteiger partial charge in [0.1, 0.15) is 6.04 Å². The monoisotopic (exact) mass is 270 g/mol. The number of aliphatic hydroxyl groups excluding tert-OH is 1. The normalized spacial score (nSPS) is 29.5. The van der Waals surface area contributed by atoms with Gasteiger partial charge in [-0.2, -0.15) is 0 Å². The molecule has 1 saturated heterocycles. The molecule has 0 aromatic carbocycles. The topological polar surface area (TPSA) is 89.9 Å². The van der Waals surface area contributed by atoms with E-state index in [4.69, 9.17) is 5.11 Å². The quantitative estimate of drug-likeness (QED) is 0.707. The molecule has 19 heavy (non-hydrogen) atoms. The molecule has 0 bridgehead atoms. The van der Waals surface area contributed by atoms with Crippen LogP contribution in [0.2, 0.25) is 0 Å². The summed E-state index contributed by atoms with van der Waals surface area (Å²) in [4.78, 5) is 24.4. The molecule has 0 aromatic rings. The largest absolute Gasteiger partial charge is 0.480 e. The van der Waals surface area contributed by atoms with Crippen LogP contribution in [0.3, 0.4) is 0 Å². The molecule has 6 nitrogen and oxygen atoms in total. The van der Waals surface area contributed by atoms with Gasteiger partial charge in [-0.15, -0.1) is 0 Å². The summed E-state index contributed by atoms with van der Waals surface area (Å²) in [7, 11) is 0. The van der Waals surface area contributed by atoms with Crippen LogP contribution in [-0.4, -0.2) is 51.8 Å². The molecule has 3 N–H and O–H groups in total. The minimum Gasteiger partial charge on any atom is -0.480 e. The number of likely N-dealkylation sites (tertiary alicyclic amines) is 1. The van der Waals surface area contributed by atoms with Crippen molar-refractivity contribution in [3.63, 3.8) is 0 Å². The summed E-state index contributed by atoms with van der Waals surface area (Å²) in [6.45, 7) is 2.07. The Labute approximate surface area is 112 Å². The highest BCUT2D eigenvalue weighted by molar-refractivity contribution is 5.83. The first kappa shape index (κ1) is 14.1. The highest BCUT2D eigenvalue weighted by atomic mass is 16.4. The number of rotatable bonds is 3. The van der Waals surface area contributed by atoms with Crippen molar-refractivity contribution in [1.82, 2.24) is 10.2 Å². The van der Waals surface area contributed by atoms with Gasteiger partial charge in [0.2, 0.25) is 0 Å². The minimum atomic E-state index is -1.06. The Kier molecular flexibility index (Phi) is 4.29. The molecule has 0 aromatic heterocycles. The molecule has 1 aliphatic carbocycles. The number of nitrogens with zero attached hydrogens (tertiary/aromatic N) is 1. The van der Waals surface area contributed by atoms with Gasteiger partial charge < -0.3 is 20.4 Å². The summed E-state index contributed by atoms with van der Waals surface area (Å²) >= 11 is 0. The lowest BCUT2D eigenvalue weighted by Gasteiger charge is -2.26. The van der Waals surface area contributed by atoms with Gasteiger partial charge in [-0.1, -0.05) is 12.8 Å². The molecule has 2 amide bonds. The number of carbonyl (C=O) groups is 2. The van der Waals surface area contributed by atoms with E-state index in [1.807, 2.05) is 6.92 Å². The van der Waals surface area contributed by atoms with Gasteiger partial charge in [0.15, 0.2) is 0 Å². The van der Waals surface area contributed by atoms with Crippen LogP contribution in [0.15, 0.2) is 0 Å². The Morgan fingerprint density at radius 3 is 2.53 bits per heavy atom. The summed E-state index contributed by atoms with van der Waals surface area (Å²) in [6, 6.07) is -1.23. The smallest absolute Gasteiger partial charge is 0.326 e. The van der Waals surface area contributed by atoms with Crippen molar-refractivity contribution in [2.75, 3.05) is 6.54 Å². The van der Waals surface area contributed by atoms with Crippen molar-refractivity contribution in [1.29, 1.82) is 0 Å². The van der Waals surface area contributed by atoms with Crippen LogP contribution in [0.25, 0.3) is 0 Å². The summed E-state index contributed by atoms with van der Waals surface area (Å²) in [5.74, 6) is -0.569. The maximum atomic E-state index is 12.1. The lowest BCUT2D eigenvalue weighted by Crippen LogP contribution is -2.50. The summed E-state index contributed by atoms with van der Waals surface area (Å²) in [5.41, 5.74) is 0. The fraction of sp³-hybridized carbons (Fsp3) is 0.846. The van der Waals surface area contributed by atoms with Crippen LogP contribution >= 0.6 is 0 Å². The average Bonchev–Trinajstić information content (AvgIpc) is 2.96. The number of β-amino-alcohol motifs (C(OH)–C–C–N with tert-alkyl or cyclic N) is 1. The van der Waals surface area contributed by atoms with Crippen molar-refractivity contribution in [2.24, 2.45) is 5.92 Å². The van der Waals surface area contributed by atoms with E-state index in [1.165, 1.54) is 17.7 Å². The fourth-order valence-corrected chi connectivity index (χ4v) is 3.13. The Morgan fingerprint density at radius 1 is 1.32 bits per heavy atom. The van der Waals surface area contributed by atoms with Crippen LogP contribution in [0.4, 0.5) is 4.79 Å². The molecular weight excluding hydrogens is 248 g/mol. The Balaban J connectivity index is 1.92. The van der Waals surface area contributed by atoms with Gasteiger partial charge >= 0.3 is 12.0 Å². The number of nitrogens with one attached hydrogen (secondary N) is 1. The number of aliphatic hydroxyl groups is 1. The lowest BCUT2D eigenvalue weighted by atomic mass is 10.00. The van der Waals surface area contributed by atoms with Crippen molar-refractivity contribution in [2.45, 2.75) is 57.2 Å². The zero-order chi connectivity index (χ0) is 14.0. The van der Waals surface area contributed by atoms with E-state index in [0.29, 0.717) is 5.92 Å². The second kappa shape index (κ2) is 5.77. The maximum Gasteiger partial charge on any atom is 0.326 e.